The molecule has 8 nitrogen and oxygen atoms in total. The third-order valence-electron chi connectivity index (χ3n) is 4.29. The molecule has 9 heteroatoms. The Bertz CT molecular complexity index is 985. The number of aryl methyl sites for hydroxylation is 1. The van der Waals surface area contributed by atoms with E-state index in [1.165, 1.54) is 17.1 Å². The van der Waals surface area contributed by atoms with E-state index in [1.807, 2.05) is 50.2 Å². The van der Waals surface area contributed by atoms with Gasteiger partial charge in [-0.15, -0.1) is 5.10 Å². The molecule has 0 aliphatic carbocycles. The second kappa shape index (κ2) is 7.95. The van der Waals surface area contributed by atoms with Crippen LogP contribution >= 0.6 is 0 Å². The Morgan fingerprint density at radius 2 is 1.89 bits per heavy atom. The third kappa shape index (κ3) is 4.57. The molecule has 1 unspecified atom stereocenters. The first-order chi connectivity index (χ1) is 12.9. The zero-order valence-electron chi connectivity index (χ0n) is 15.4. The van der Waals surface area contributed by atoms with Crippen LogP contribution in [0.5, 0.6) is 0 Å². The van der Waals surface area contributed by atoms with Gasteiger partial charge in [-0.2, -0.15) is 0 Å². The Labute approximate surface area is 158 Å². The molecular weight excluding hydrogens is 364 g/mol. The number of nitrogens with zero attached hydrogens (tertiary/aromatic N) is 5. The van der Waals surface area contributed by atoms with Gasteiger partial charge >= 0.3 is 0 Å². The number of hydrogen-bond donors (Lipinski definition) is 1. The van der Waals surface area contributed by atoms with E-state index in [-0.39, 0.29) is 17.5 Å². The molecule has 3 aromatic rings. The van der Waals surface area contributed by atoms with Crippen molar-refractivity contribution in [3.63, 3.8) is 0 Å². The summed E-state index contributed by atoms with van der Waals surface area (Å²) in [5.74, 6) is 0. The molecule has 0 saturated carbocycles. The Hall–Kier alpha value is -2.62. The van der Waals surface area contributed by atoms with E-state index >= 15 is 0 Å². The van der Waals surface area contributed by atoms with E-state index in [9.17, 15) is 8.42 Å². The molecule has 1 N–H and O–H groups in total. The van der Waals surface area contributed by atoms with Crippen LogP contribution in [-0.4, -0.2) is 54.2 Å². The Morgan fingerprint density at radius 3 is 2.52 bits per heavy atom. The van der Waals surface area contributed by atoms with Gasteiger partial charge in [-0.3, -0.25) is 0 Å². The molecule has 0 bridgehead atoms. The molecule has 1 aromatic heterocycles. The minimum absolute atomic E-state index is 0.0805. The molecule has 1 atom stereocenters. The highest BCUT2D eigenvalue weighted by atomic mass is 32.2. The maximum absolute atomic E-state index is 12.8. The number of benzene rings is 2. The molecule has 3 rings (SSSR count). The Balaban J connectivity index is 1.79. The minimum Gasteiger partial charge on any atom is -0.301 e. The predicted molar refractivity (Wildman–Crippen MR) is 102 cm³/mol. The van der Waals surface area contributed by atoms with Gasteiger partial charge in [0.1, 0.15) is 6.33 Å². The normalized spacial score (nSPS) is 13.0. The van der Waals surface area contributed by atoms with E-state index < -0.39 is 10.0 Å². The van der Waals surface area contributed by atoms with Crippen molar-refractivity contribution in [2.75, 3.05) is 20.6 Å². The van der Waals surface area contributed by atoms with E-state index in [0.29, 0.717) is 5.69 Å². The topological polar surface area (TPSA) is 93.0 Å². The number of hydrogen-bond acceptors (Lipinski definition) is 6. The molecule has 0 spiro atoms. The van der Waals surface area contributed by atoms with Gasteiger partial charge in [0.25, 0.3) is 0 Å². The van der Waals surface area contributed by atoms with Gasteiger partial charge in [0.05, 0.1) is 10.6 Å². The SMILES string of the molecule is Cc1ccc(C(CNS(=O)(=O)c2cccc(-n3cnnn3)c2)N(C)C)cc1. The van der Waals surface area contributed by atoms with Gasteiger partial charge in [0, 0.05) is 12.6 Å². The van der Waals surface area contributed by atoms with Crippen molar-refractivity contribution in [1.29, 1.82) is 0 Å². The van der Waals surface area contributed by atoms with Crippen molar-refractivity contribution in [1.82, 2.24) is 29.8 Å². The molecule has 0 saturated heterocycles. The summed E-state index contributed by atoms with van der Waals surface area (Å²) in [5.41, 5.74) is 2.79. The fourth-order valence-electron chi connectivity index (χ4n) is 2.73. The highest BCUT2D eigenvalue weighted by Crippen LogP contribution is 2.20. The maximum Gasteiger partial charge on any atom is 0.240 e. The van der Waals surface area contributed by atoms with Gasteiger partial charge in [-0.25, -0.2) is 17.8 Å². The molecule has 0 aliphatic rings. The first-order valence-corrected chi connectivity index (χ1v) is 9.91. The molecule has 2 aromatic carbocycles. The zero-order valence-corrected chi connectivity index (χ0v) is 16.3. The van der Waals surface area contributed by atoms with Gasteiger partial charge in [0.15, 0.2) is 0 Å². The largest absolute Gasteiger partial charge is 0.301 e. The fourth-order valence-corrected chi connectivity index (χ4v) is 3.81. The second-order valence-electron chi connectivity index (χ2n) is 6.49. The summed E-state index contributed by atoms with van der Waals surface area (Å²) < 4.78 is 29.7. The molecule has 1 heterocycles. The lowest BCUT2D eigenvalue weighted by Crippen LogP contribution is -2.34. The van der Waals surface area contributed by atoms with E-state index in [1.54, 1.807) is 18.2 Å². The first-order valence-electron chi connectivity index (χ1n) is 8.43. The van der Waals surface area contributed by atoms with Gasteiger partial charge < -0.3 is 4.90 Å². The zero-order chi connectivity index (χ0) is 19.4. The fraction of sp³-hybridized carbons (Fsp3) is 0.278. The summed E-state index contributed by atoms with van der Waals surface area (Å²) >= 11 is 0. The highest BCUT2D eigenvalue weighted by molar-refractivity contribution is 7.89. The molecular formula is C18H22N6O2S. The van der Waals surface area contributed by atoms with Crippen LogP contribution in [0, 0.1) is 6.92 Å². The van der Waals surface area contributed by atoms with Crippen LogP contribution in [0.25, 0.3) is 5.69 Å². The molecule has 27 heavy (non-hydrogen) atoms. The van der Waals surface area contributed by atoms with Crippen LogP contribution in [0.2, 0.25) is 0 Å². The maximum atomic E-state index is 12.8. The van der Waals surface area contributed by atoms with E-state index in [4.69, 9.17) is 0 Å². The molecule has 0 fully saturated rings. The van der Waals surface area contributed by atoms with Gasteiger partial charge in [0.2, 0.25) is 10.0 Å². The van der Waals surface area contributed by atoms with Gasteiger partial charge in [-0.05, 0) is 55.2 Å². The number of tetrazole rings is 1. The number of nitrogens with one attached hydrogen (secondary N) is 1. The van der Waals surface area contributed by atoms with Crippen LogP contribution < -0.4 is 4.72 Å². The van der Waals surface area contributed by atoms with Crippen molar-refractivity contribution in [3.8, 4) is 5.69 Å². The number of likely N-dealkylation sites (N-methyl/N-ethyl adjacent to an activating group) is 1. The van der Waals surface area contributed by atoms with Gasteiger partial charge in [-0.1, -0.05) is 35.9 Å². The lowest BCUT2D eigenvalue weighted by atomic mass is 10.0. The minimum atomic E-state index is -3.68. The second-order valence-corrected chi connectivity index (χ2v) is 8.26. The van der Waals surface area contributed by atoms with Crippen LogP contribution in [0.15, 0.2) is 59.8 Å². The predicted octanol–water partition coefficient (Wildman–Crippen LogP) is 1.55. The van der Waals surface area contributed by atoms with E-state index in [2.05, 4.69) is 20.2 Å². The lowest BCUT2D eigenvalue weighted by Gasteiger charge is -2.25. The summed E-state index contributed by atoms with van der Waals surface area (Å²) in [6.45, 7) is 2.28. The number of rotatable bonds is 7. The summed E-state index contributed by atoms with van der Waals surface area (Å²) in [7, 11) is 0.178. The third-order valence-corrected chi connectivity index (χ3v) is 5.71. The summed E-state index contributed by atoms with van der Waals surface area (Å²) in [5, 5.41) is 10.9. The molecule has 0 aliphatic heterocycles. The average Bonchev–Trinajstić information content (AvgIpc) is 3.18. The van der Waals surface area contributed by atoms with Crippen LogP contribution in [0.1, 0.15) is 17.2 Å². The van der Waals surface area contributed by atoms with Crippen LogP contribution in [0.4, 0.5) is 0 Å². The van der Waals surface area contributed by atoms with Crippen molar-refractivity contribution in [2.24, 2.45) is 0 Å². The lowest BCUT2D eigenvalue weighted by molar-refractivity contribution is 0.299. The Morgan fingerprint density at radius 1 is 1.15 bits per heavy atom. The Kier molecular flexibility index (Phi) is 5.64. The van der Waals surface area contributed by atoms with Crippen molar-refractivity contribution in [3.05, 3.63) is 66.0 Å². The van der Waals surface area contributed by atoms with Crippen molar-refractivity contribution in [2.45, 2.75) is 17.9 Å². The summed E-state index contributed by atoms with van der Waals surface area (Å²) in [6.07, 6.45) is 1.42. The number of aromatic nitrogens is 4. The summed E-state index contributed by atoms with van der Waals surface area (Å²) in [4.78, 5) is 2.15. The first kappa shape index (κ1) is 19.2. The van der Waals surface area contributed by atoms with Crippen LogP contribution in [0.3, 0.4) is 0 Å². The standard InChI is InChI=1S/C18H22N6O2S/c1-14-7-9-15(10-8-14)18(23(2)3)12-20-27(25,26)17-6-4-5-16(11-17)24-13-19-21-22-24/h4-11,13,18,20H,12H2,1-3H3. The number of sulfonamides is 1. The average molecular weight is 386 g/mol. The van der Waals surface area contributed by atoms with E-state index in [0.717, 1.165) is 11.1 Å². The molecule has 0 amide bonds. The van der Waals surface area contributed by atoms with Crippen LogP contribution in [-0.2, 0) is 10.0 Å². The molecule has 0 radical (unpaired) electrons. The quantitative estimate of drug-likeness (QED) is 0.662. The van der Waals surface area contributed by atoms with Crippen molar-refractivity contribution < 1.29 is 8.42 Å². The molecule has 142 valence electrons. The van der Waals surface area contributed by atoms with Crippen molar-refractivity contribution >= 4 is 10.0 Å². The monoisotopic (exact) mass is 386 g/mol. The highest BCUT2D eigenvalue weighted by Gasteiger charge is 2.20. The summed E-state index contributed by atoms with van der Waals surface area (Å²) in [6, 6.07) is 14.5. The smallest absolute Gasteiger partial charge is 0.240 e.